The molecule has 7 nitrogen and oxygen atoms in total. The van der Waals surface area contributed by atoms with Crippen molar-refractivity contribution in [1.29, 1.82) is 0 Å². The predicted molar refractivity (Wildman–Crippen MR) is 92.6 cm³/mol. The number of nitrogens with one attached hydrogen (secondary N) is 1. The number of esters is 1. The summed E-state index contributed by atoms with van der Waals surface area (Å²) in [5.74, 6) is -1.02. The highest BCUT2D eigenvalue weighted by Gasteiger charge is 2.26. The molecule has 8 heteroatoms. The third-order valence-corrected chi connectivity index (χ3v) is 5.86. The van der Waals surface area contributed by atoms with E-state index in [-0.39, 0.29) is 23.0 Å². The lowest BCUT2D eigenvalue weighted by atomic mass is 10.2. The van der Waals surface area contributed by atoms with Gasteiger partial charge in [0.05, 0.1) is 10.5 Å². The van der Waals surface area contributed by atoms with E-state index in [1.807, 2.05) is 6.92 Å². The molecule has 0 spiro atoms. The summed E-state index contributed by atoms with van der Waals surface area (Å²) < 4.78 is 31.5. The molecular formula is C17H24N2O5S. The number of piperidine rings is 1. The van der Waals surface area contributed by atoms with E-state index in [9.17, 15) is 18.0 Å². The van der Waals surface area contributed by atoms with Gasteiger partial charge in [0.1, 0.15) is 0 Å². The molecule has 1 aromatic carbocycles. The van der Waals surface area contributed by atoms with Crippen molar-refractivity contribution in [3.63, 3.8) is 0 Å². The van der Waals surface area contributed by atoms with Crippen LogP contribution in [0.2, 0.25) is 0 Å². The molecule has 0 bridgehead atoms. The van der Waals surface area contributed by atoms with Crippen LogP contribution in [0.1, 0.15) is 43.0 Å². The van der Waals surface area contributed by atoms with Crippen LogP contribution in [0.15, 0.2) is 29.2 Å². The van der Waals surface area contributed by atoms with Crippen LogP contribution in [0, 0.1) is 0 Å². The molecule has 0 saturated carbocycles. The van der Waals surface area contributed by atoms with E-state index < -0.39 is 16.0 Å². The van der Waals surface area contributed by atoms with Gasteiger partial charge in [-0.15, -0.1) is 0 Å². The van der Waals surface area contributed by atoms with Crippen molar-refractivity contribution in [2.24, 2.45) is 0 Å². The van der Waals surface area contributed by atoms with Gasteiger partial charge in [-0.1, -0.05) is 13.3 Å². The van der Waals surface area contributed by atoms with Crippen LogP contribution < -0.4 is 5.32 Å². The highest BCUT2D eigenvalue weighted by Crippen LogP contribution is 2.21. The van der Waals surface area contributed by atoms with Crippen LogP contribution in [-0.2, 0) is 19.6 Å². The van der Waals surface area contributed by atoms with E-state index in [1.165, 1.54) is 28.6 Å². The third-order valence-electron chi connectivity index (χ3n) is 3.95. The molecule has 1 aliphatic heterocycles. The minimum Gasteiger partial charge on any atom is -0.452 e. The second-order valence-corrected chi connectivity index (χ2v) is 7.85. The summed E-state index contributed by atoms with van der Waals surface area (Å²) in [6.45, 7) is 3.15. The molecule has 1 heterocycles. The molecule has 138 valence electrons. The summed E-state index contributed by atoms with van der Waals surface area (Å²) in [4.78, 5) is 23.5. The zero-order chi connectivity index (χ0) is 18.3. The first kappa shape index (κ1) is 19.4. The summed E-state index contributed by atoms with van der Waals surface area (Å²) in [6.07, 6.45) is 3.57. The van der Waals surface area contributed by atoms with Gasteiger partial charge in [0.15, 0.2) is 6.61 Å². The van der Waals surface area contributed by atoms with Crippen LogP contribution >= 0.6 is 0 Å². The lowest BCUT2D eigenvalue weighted by molar-refractivity contribution is -0.124. The van der Waals surface area contributed by atoms with Gasteiger partial charge in [0.25, 0.3) is 5.91 Å². The Morgan fingerprint density at radius 1 is 1.12 bits per heavy atom. The first-order valence-electron chi connectivity index (χ1n) is 8.49. The van der Waals surface area contributed by atoms with E-state index in [1.54, 1.807) is 0 Å². The number of hydrogen-bond donors (Lipinski definition) is 1. The van der Waals surface area contributed by atoms with E-state index in [2.05, 4.69) is 5.32 Å². The van der Waals surface area contributed by atoms with E-state index >= 15 is 0 Å². The molecule has 1 fully saturated rings. The second-order valence-electron chi connectivity index (χ2n) is 5.92. The van der Waals surface area contributed by atoms with Crippen LogP contribution in [0.25, 0.3) is 0 Å². The highest BCUT2D eigenvalue weighted by atomic mass is 32.2. The number of nitrogens with zero attached hydrogens (tertiary/aromatic N) is 1. The second kappa shape index (κ2) is 8.96. The summed E-state index contributed by atoms with van der Waals surface area (Å²) in [6, 6.07) is 5.61. The molecule has 0 atom stereocenters. The van der Waals surface area contributed by atoms with Crippen molar-refractivity contribution >= 4 is 21.9 Å². The van der Waals surface area contributed by atoms with Crippen molar-refractivity contribution in [1.82, 2.24) is 9.62 Å². The van der Waals surface area contributed by atoms with Crippen molar-refractivity contribution in [2.45, 2.75) is 37.5 Å². The van der Waals surface area contributed by atoms with Crippen LogP contribution in [0.3, 0.4) is 0 Å². The Hall–Kier alpha value is -1.93. The van der Waals surface area contributed by atoms with Gasteiger partial charge in [-0.2, -0.15) is 4.31 Å². The van der Waals surface area contributed by atoms with E-state index in [0.717, 1.165) is 25.7 Å². The first-order valence-corrected chi connectivity index (χ1v) is 9.93. The van der Waals surface area contributed by atoms with Gasteiger partial charge < -0.3 is 10.1 Å². The Morgan fingerprint density at radius 2 is 1.76 bits per heavy atom. The van der Waals surface area contributed by atoms with Gasteiger partial charge in [0, 0.05) is 19.6 Å². The lowest BCUT2D eigenvalue weighted by Crippen LogP contribution is -2.35. The molecule has 0 radical (unpaired) electrons. The van der Waals surface area contributed by atoms with Crippen molar-refractivity contribution in [3.05, 3.63) is 29.8 Å². The average molecular weight is 368 g/mol. The smallest absolute Gasteiger partial charge is 0.338 e. The largest absolute Gasteiger partial charge is 0.452 e. The third kappa shape index (κ3) is 5.27. The number of ether oxygens (including phenoxy) is 1. The van der Waals surface area contributed by atoms with Crippen LogP contribution in [0.4, 0.5) is 0 Å². The maximum atomic E-state index is 12.5. The highest BCUT2D eigenvalue weighted by molar-refractivity contribution is 7.89. The number of benzene rings is 1. The molecular weight excluding hydrogens is 344 g/mol. The van der Waals surface area contributed by atoms with Crippen molar-refractivity contribution in [3.8, 4) is 0 Å². The van der Waals surface area contributed by atoms with Gasteiger partial charge in [-0.05, 0) is 43.5 Å². The summed E-state index contributed by atoms with van der Waals surface area (Å²) in [5, 5.41) is 2.60. The number of carbonyl (C=O) groups excluding carboxylic acids is 2. The number of carbonyl (C=O) groups is 2. The van der Waals surface area contributed by atoms with E-state index in [0.29, 0.717) is 19.6 Å². The Bertz CT molecular complexity index is 694. The maximum Gasteiger partial charge on any atom is 0.338 e. The number of amides is 1. The maximum absolute atomic E-state index is 12.5. The van der Waals surface area contributed by atoms with Crippen molar-refractivity contribution < 1.29 is 22.7 Å². The standard InChI is InChI=1S/C17H24N2O5S/c1-2-10-18-16(20)13-24-17(21)14-6-8-15(9-7-14)25(22,23)19-11-4-3-5-12-19/h6-9H,2-5,10-13H2,1H3,(H,18,20). The topological polar surface area (TPSA) is 92.8 Å². The van der Waals surface area contributed by atoms with E-state index in [4.69, 9.17) is 4.74 Å². The van der Waals surface area contributed by atoms with Gasteiger partial charge in [0.2, 0.25) is 10.0 Å². The summed E-state index contributed by atoms with van der Waals surface area (Å²) in [7, 11) is -3.52. The Morgan fingerprint density at radius 3 is 2.36 bits per heavy atom. The molecule has 1 amide bonds. The Labute approximate surface area is 148 Å². The minimum absolute atomic E-state index is 0.159. The molecule has 1 saturated heterocycles. The molecule has 0 aromatic heterocycles. The minimum atomic E-state index is -3.52. The van der Waals surface area contributed by atoms with Crippen LogP contribution in [-0.4, -0.2) is 50.8 Å². The number of hydrogen-bond acceptors (Lipinski definition) is 5. The molecule has 2 rings (SSSR count). The predicted octanol–water partition coefficient (Wildman–Crippen LogP) is 1.54. The zero-order valence-corrected chi connectivity index (χ0v) is 15.2. The zero-order valence-electron chi connectivity index (χ0n) is 14.4. The quantitative estimate of drug-likeness (QED) is 0.737. The first-order chi connectivity index (χ1) is 11.9. The fourth-order valence-corrected chi connectivity index (χ4v) is 4.06. The summed E-state index contributed by atoms with van der Waals surface area (Å²) in [5.41, 5.74) is 0.209. The van der Waals surface area contributed by atoms with Crippen molar-refractivity contribution in [2.75, 3.05) is 26.2 Å². The Balaban J connectivity index is 1.96. The molecule has 25 heavy (non-hydrogen) atoms. The average Bonchev–Trinajstić information content (AvgIpc) is 2.65. The fraction of sp³-hybridized carbons (Fsp3) is 0.529. The lowest BCUT2D eigenvalue weighted by Gasteiger charge is -2.25. The Kier molecular flexibility index (Phi) is 6.95. The van der Waals surface area contributed by atoms with Gasteiger partial charge in [-0.25, -0.2) is 13.2 Å². The van der Waals surface area contributed by atoms with Gasteiger partial charge in [-0.3, -0.25) is 4.79 Å². The summed E-state index contributed by atoms with van der Waals surface area (Å²) >= 11 is 0. The molecule has 1 aliphatic rings. The number of rotatable bonds is 7. The number of sulfonamides is 1. The van der Waals surface area contributed by atoms with Gasteiger partial charge >= 0.3 is 5.97 Å². The molecule has 0 unspecified atom stereocenters. The monoisotopic (exact) mass is 368 g/mol. The molecule has 0 aliphatic carbocycles. The fourth-order valence-electron chi connectivity index (χ4n) is 2.55. The van der Waals surface area contributed by atoms with Crippen LogP contribution in [0.5, 0.6) is 0 Å². The molecule has 1 aromatic rings. The SMILES string of the molecule is CCCNC(=O)COC(=O)c1ccc(S(=O)(=O)N2CCCCC2)cc1. The normalized spacial score (nSPS) is 15.6. The molecule has 1 N–H and O–H groups in total.